The van der Waals surface area contributed by atoms with Gasteiger partial charge in [0.2, 0.25) is 5.88 Å². The third-order valence-corrected chi connectivity index (χ3v) is 3.29. The molecule has 1 heterocycles. The van der Waals surface area contributed by atoms with Crippen LogP contribution in [0.1, 0.15) is 33.6 Å². The molecule has 1 aromatic rings. The highest BCUT2D eigenvalue weighted by molar-refractivity contribution is 5.54. The summed E-state index contributed by atoms with van der Waals surface area (Å²) in [7, 11) is 0. The lowest BCUT2D eigenvalue weighted by atomic mass is 10.3. The summed E-state index contributed by atoms with van der Waals surface area (Å²) in [6, 6.07) is 4.26. The molecule has 1 fully saturated rings. The summed E-state index contributed by atoms with van der Waals surface area (Å²) < 4.78 is 5.71. The molecule has 0 bridgehead atoms. The van der Waals surface area contributed by atoms with E-state index < -0.39 is 0 Å². The molecule has 1 aliphatic carbocycles. The van der Waals surface area contributed by atoms with E-state index in [0.717, 1.165) is 19.0 Å². The second-order valence-corrected chi connectivity index (χ2v) is 5.20. The Labute approximate surface area is 109 Å². The van der Waals surface area contributed by atoms with Crippen LogP contribution < -0.4 is 15.4 Å². The van der Waals surface area contributed by atoms with Crippen LogP contribution in [0.2, 0.25) is 0 Å². The fourth-order valence-corrected chi connectivity index (χ4v) is 1.99. The lowest BCUT2D eigenvalue weighted by Crippen LogP contribution is -2.31. The van der Waals surface area contributed by atoms with E-state index in [2.05, 4.69) is 30.7 Å². The standard InChI is InChI=1S/C14H23N3O/c1-4-17(10(2)3)13-8-7-12(15)14(16-13)18-9-11-5-6-11/h7-8,10-11H,4-6,9,15H2,1-3H3. The average molecular weight is 249 g/mol. The van der Waals surface area contributed by atoms with Gasteiger partial charge in [-0.25, -0.2) is 0 Å². The van der Waals surface area contributed by atoms with Gasteiger partial charge >= 0.3 is 0 Å². The van der Waals surface area contributed by atoms with Crippen LogP contribution in [0.3, 0.4) is 0 Å². The SMILES string of the molecule is CCN(c1ccc(N)c(OCC2CC2)n1)C(C)C. The molecule has 0 saturated heterocycles. The summed E-state index contributed by atoms with van der Waals surface area (Å²) >= 11 is 0. The zero-order chi connectivity index (χ0) is 13.1. The first-order chi connectivity index (χ1) is 8.61. The molecule has 4 nitrogen and oxygen atoms in total. The van der Waals surface area contributed by atoms with E-state index in [9.17, 15) is 0 Å². The average Bonchev–Trinajstić information content (AvgIpc) is 3.14. The van der Waals surface area contributed by atoms with Crippen LogP contribution in [0.5, 0.6) is 5.88 Å². The van der Waals surface area contributed by atoms with Crippen molar-refractivity contribution in [2.24, 2.45) is 5.92 Å². The minimum atomic E-state index is 0.419. The zero-order valence-electron chi connectivity index (χ0n) is 11.5. The molecule has 1 aliphatic rings. The van der Waals surface area contributed by atoms with Crippen LogP contribution in [-0.2, 0) is 0 Å². The summed E-state index contributed by atoms with van der Waals surface area (Å²) in [6.45, 7) is 8.12. The van der Waals surface area contributed by atoms with E-state index >= 15 is 0 Å². The first-order valence-electron chi connectivity index (χ1n) is 6.77. The maximum absolute atomic E-state index is 5.91. The van der Waals surface area contributed by atoms with Crippen LogP contribution >= 0.6 is 0 Å². The first kappa shape index (κ1) is 13.0. The molecule has 0 unspecified atom stereocenters. The van der Waals surface area contributed by atoms with E-state index in [4.69, 9.17) is 10.5 Å². The quantitative estimate of drug-likeness (QED) is 0.842. The molecule has 0 atom stereocenters. The number of hydrogen-bond acceptors (Lipinski definition) is 4. The Bertz CT molecular complexity index is 402. The molecule has 18 heavy (non-hydrogen) atoms. The van der Waals surface area contributed by atoms with E-state index in [0.29, 0.717) is 23.5 Å². The summed E-state index contributed by atoms with van der Waals surface area (Å²) in [5.41, 5.74) is 6.53. The summed E-state index contributed by atoms with van der Waals surface area (Å²) in [5, 5.41) is 0. The summed E-state index contributed by atoms with van der Waals surface area (Å²) in [6.07, 6.45) is 2.54. The Hall–Kier alpha value is -1.45. The Balaban J connectivity index is 2.12. The van der Waals surface area contributed by atoms with Crippen molar-refractivity contribution < 1.29 is 4.74 Å². The molecule has 4 heteroatoms. The number of pyridine rings is 1. The van der Waals surface area contributed by atoms with Crippen molar-refractivity contribution in [3.8, 4) is 5.88 Å². The number of rotatable bonds is 6. The predicted octanol–water partition coefficient (Wildman–Crippen LogP) is 2.69. The molecule has 0 aliphatic heterocycles. The van der Waals surface area contributed by atoms with Crippen molar-refractivity contribution >= 4 is 11.5 Å². The van der Waals surface area contributed by atoms with Gasteiger partial charge in [0.15, 0.2) is 0 Å². The number of nitrogen functional groups attached to an aromatic ring is 1. The van der Waals surface area contributed by atoms with Gasteiger partial charge in [-0.1, -0.05) is 0 Å². The molecular weight excluding hydrogens is 226 g/mol. The van der Waals surface area contributed by atoms with Crippen LogP contribution in [0.15, 0.2) is 12.1 Å². The van der Waals surface area contributed by atoms with Crippen molar-refractivity contribution in [2.75, 3.05) is 23.8 Å². The highest BCUT2D eigenvalue weighted by Gasteiger charge is 2.23. The predicted molar refractivity (Wildman–Crippen MR) is 75.0 cm³/mol. The lowest BCUT2D eigenvalue weighted by molar-refractivity contribution is 0.290. The molecule has 2 N–H and O–H groups in total. The van der Waals surface area contributed by atoms with Crippen molar-refractivity contribution in [3.05, 3.63) is 12.1 Å². The molecule has 100 valence electrons. The number of hydrogen-bond donors (Lipinski definition) is 1. The second-order valence-electron chi connectivity index (χ2n) is 5.20. The number of nitrogens with zero attached hydrogens (tertiary/aromatic N) is 2. The molecule has 1 saturated carbocycles. The van der Waals surface area contributed by atoms with Gasteiger partial charge in [0, 0.05) is 12.6 Å². The highest BCUT2D eigenvalue weighted by Crippen LogP contribution is 2.31. The van der Waals surface area contributed by atoms with Crippen molar-refractivity contribution in [2.45, 2.75) is 39.7 Å². The van der Waals surface area contributed by atoms with Gasteiger partial charge in [-0.05, 0) is 51.7 Å². The minimum Gasteiger partial charge on any atom is -0.476 e. The number of nitrogens with two attached hydrogens (primary N) is 1. The molecule has 0 amide bonds. The number of aromatic nitrogens is 1. The maximum atomic E-state index is 5.91. The van der Waals surface area contributed by atoms with Crippen LogP contribution in [0, 0.1) is 5.92 Å². The molecule has 1 aromatic heterocycles. The molecule has 0 spiro atoms. The Morgan fingerprint density at radius 2 is 2.17 bits per heavy atom. The van der Waals surface area contributed by atoms with Crippen molar-refractivity contribution in [3.63, 3.8) is 0 Å². The van der Waals surface area contributed by atoms with Crippen LogP contribution in [0.25, 0.3) is 0 Å². The first-order valence-corrected chi connectivity index (χ1v) is 6.77. The van der Waals surface area contributed by atoms with Gasteiger partial charge < -0.3 is 15.4 Å². The van der Waals surface area contributed by atoms with E-state index in [1.807, 2.05) is 12.1 Å². The van der Waals surface area contributed by atoms with E-state index in [1.54, 1.807) is 0 Å². The smallest absolute Gasteiger partial charge is 0.239 e. The van der Waals surface area contributed by atoms with Gasteiger partial charge in [0.05, 0.1) is 12.3 Å². The monoisotopic (exact) mass is 249 g/mol. The number of anilines is 2. The maximum Gasteiger partial charge on any atom is 0.239 e. The third kappa shape index (κ3) is 3.06. The number of ether oxygens (including phenoxy) is 1. The summed E-state index contributed by atoms with van der Waals surface area (Å²) in [5.74, 6) is 2.23. The highest BCUT2D eigenvalue weighted by atomic mass is 16.5. The molecular formula is C14H23N3O. The zero-order valence-corrected chi connectivity index (χ0v) is 11.5. The van der Waals surface area contributed by atoms with Crippen LogP contribution in [-0.4, -0.2) is 24.2 Å². The third-order valence-electron chi connectivity index (χ3n) is 3.29. The van der Waals surface area contributed by atoms with Gasteiger partial charge in [-0.2, -0.15) is 4.98 Å². The minimum absolute atomic E-state index is 0.419. The normalized spacial score (nSPS) is 14.9. The summed E-state index contributed by atoms with van der Waals surface area (Å²) in [4.78, 5) is 6.77. The topological polar surface area (TPSA) is 51.4 Å². The molecule has 0 radical (unpaired) electrons. The fraction of sp³-hybridized carbons (Fsp3) is 0.643. The Morgan fingerprint density at radius 1 is 1.44 bits per heavy atom. The van der Waals surface area contributed by atoms with E-state index in [-0.39, 0.29) is 0 Å². The largest absolute Gasteiger partial charge is 0.476 e. The Morgan fingerprint density at radius 3 is 2.72 bits per heavy atom. The fourth-order valence-electron chi connectivity index (χ4n) is 1.99. The van der Waals surface area contributed by atoms with Gasteiger partial charge in [-0.3, -0.25) is 0 Å². The van der Waals surface area contributed by atoms with Crippen molar-refractivity contribution in [1.29, 1.82) is 0 Å². The van der Waals surface area contributed by atoms with Gasteiger partial charge in [0.25, 0.3) is 0 Å². The van der Waals surface area contributed by atoms with Gasteiger partial charge in [0.1, 0.15) is 5.82 Å². The Kier molecular flexibility index (Phi) is 3.94. The van der Waals surface area contributed by atoms with E-state index in [1.165, 1.54) is 12.8 Å². The lowest BCUT2D eigenvalue weighted by Gasteiger charge is -2.26. The van der Waals surface area contributed by atoms with Crippen LogP contribution in [0.4, 0.5) is 11.5 Å². The second kappa shape index (κ2) is 5.46. The van der Waals surface area contributed by atoms with Crippen molar-refractivity contribution in [1.82, 2.24) is 4.98 Å². The molecule has 2 rings (SSSR count). The molecule has 0 aromatic carbocycles. The van der Waals surface area contributed by atoms with Gasteiger partial charge in [-0.15, -0.1) is 0 Å².